The topological polar surface area (TPSA) is 17.1 Å². The van der Waals surface area contributed by atoms with Crippen LogP contribution in [-0.2, 0) is 4.57 Å². The Balaban J connectivity index is 1.78. The van der Waals surface area contributed by atoms with Crippen molar-refractivity contribution in [3.63, 3.8) is 0 Å². The van der Waals surface area contributed by atoms with E-state index >= 15 is 0 Å². The second kappa shape index (κ2) is 3.48. The van der Waals surface area contributed by atoms with Gasteiger partial charge < -0.3 is 4.57 Å². The molecular formula is C15H19OP. The number of rotatable bonds is 1. The molecule has 0 aromatic heterocycles. The zero-order chi connectivity index (χ0) is 11.5. The van der Waals surface area contributed by atoms with E-state index in [4.69, 9.17) is 0 Å². The third kappa shape index (κ3) is 1.30. The zero-order valence-corrected chi connectivity index (χ0v) is 11.0. The SMILES string of the molecule is O=P1(c2ccccc2)CC[C@H]2[C@@H]3CC[C@@H](C3)[C@H]21. The summed E-state index contributed by atoms with van der Waals surface area (Å²) in [4.78, 5) is 0. The van der Waals surface area contributed by atoms with Gasteiger partial charge in [0.15, 0.2) is 0 Å². The van der Waals surface area contributed by atoms with Crippen molar-refractivity contribution in [2.24, 2.45) is 17.8 Å². The standard InChI is InChI=1S/C15H19OP/c16-17(13-4-2-1-3-5-13)9-8-14-11-6-7-12(10-11)15(14)17/h1-5,11-12,14-15H,6-10H2/t11-,12+,14+,15-,17?/m1/s1. The second-order valence-corrected chi connectivity index (χ2v) is 9.28. The fourth-order valence-corrected chi connectivity index (χ4v) is 9.13. The Morgan fingerprint density at radius 2 is 1.76 bits per heavy atom. The number of benzene rings is 1. The van der Waals surface area contributed by atoms with E-state index in [1.165, 1.54) is 31.0 Å². The second-order valence-electron chi connectivity index (χ2n) is 6.13. The van der Waals surface area contributed by atoms with Crippen molar-refractivity contribution in [2.45, 2.75) is 31.3 Å². The lowest BCUT2D eigenvalue weighted by Gasteiger charge is -2.29. The molecule has 0 N–H and O–H groups in total. The Kier molecular flexibility index (Phi) is 2.12. The maximum atomic E-state index is 13.4. The molecule has 90 valence electrons. The maximum absolute atomic E-state index is 13.4. The molecule has 17 heavy (non-hydrogen) atoms. The van der Waals surface area contributed by atoms with Crippen molar-refractivity contribution in [1.29, 1.82) is 0 Å². The van der Waals surface area contributed by atoms with Crippen LogP contribution in [0.3, 0.4) is 0 Å². The van der Waals surface area contributed by atoms with E-state index in [0.29, 0.717) is 5.66 Å². The third-order valence-electron chi connectivity index (χ3n) is 5.51. The molecule has 1 saturated heterocycles. The van der Waals surface area contributed by atoms with Crippen LogP contribution in [0.4, 0.5) is 0 Å². The largest absolute Gasteiger partial charge is 0.318 e. The lowest BCUT2D eigenvalue weighted by Crippen LogP contribution is -2.25. The first-order valence-electron chi connectivity index (χ1n) is 6.93. The van der Waals surface area contributed by atoms with E-state index in [-0.39, 0.29) is 0 Å². The monoisotopic (exact) mass is 246 g/mol. The molecule has 1 unspecified atom stereocenters. The van der Waals surface area contributed by atoms with Gasteiger partial charge in [-0.05, 0) is 43.4 Å². The highest BCUT2D eigenvalue weighted by Crippen LogP contribution is 2.70. The van der Waals surface area contributed by atoms with E-state index < -0.39 is 7.14 Å². The van der Waals surface area contributed by atoms with Gasteiger partial charge in [0.25, 0.3) is 0 Å². The van der Waals surface area contributed by atoms with Gasteiger partial charge in [-0.3, -0.25) is 0 Å². The zero-order valence-electron chi connectivity index (χ0n) is 10.1. The van der Waals surface area contributed by atoms with Gasteiger partial charge in [-0.1, -0.05) is 30.3 Å². The molecule has 3 aliphatic rings. The first-order chi connectivity index (χ1) is 8.29. The van der Waals surface area contributed by atoms with Crippen molar-refractivity contribution in [3.05, 3.63) is 30.3 Å². The lowest BCUT2D eigenvalue weighted by molar-refractivity contribution is 0.346. The highest BCUT2D eigenvalue weighted by Gasteiger charge is 2.58. The minimum absolute atomic E-state index is 0.559. The predicted octanol–water partition coefficient (Wildman–Crippen LogP) is 3.49. The quantitative estimate of drug-likeness (QED) is 0.693. The van der Waals surface area contributed by atoms with Crippen LogP contribution in [0.5, 0.6) is 0 Å². The average molecular weight is 246 g/mol. The van der Waals surface area contributed by atoms with E-state index in [9.17, 15) is 4.57 Å². The smallest absolute Gasteiger partial charge is 0.119 e. The summed E-state index contributed by atoms with van der Waals surface area (Å²) in [6.45, 7) is 0. The number of fused-ring (bicyclic) bond motifs is 5. The Hall–Kier alpha value is -0.550. The molecular weight excluding hydrogens is 227 g/mol. The van der Waals surface area contributed by atoms with E-state index in [1.807, 2.05) is 6.07 Å². The van der Waals surface area contributed by atoms with Crippen LogP contribution in [0, 0.1) is 17.8 Å². The number of hydrogen-bond acceptors (Lipinski definition) is 1. The predicted molar refractivity (Wildman–Crippen MR) is 71.3 cm³/mol. The molecule has 1 heterocycles. The van der Waals surface area contributed by atoms with Crippen LogP contribution in [-0.4, -0.2) is 11.8 Å². The van der Waals surface area contributed by atoms with Gasteiger partial charge in [0, 0.05) is 17.1 Å². The molecule has 1 nitrogen and oxygen atoms in total. The molecule has 1 aromatic carbocycles. The summed E-state index contributed by atoms with van der Waals surface area (Å²) in [7, 11) is -2.07. The molecule has 1 aliphatic heterocycles. The molecule has 3 fully saturated rings. The van der Waals surface area contributed by atoms with E-state index in [0.717, 1.165) is 23.9 Å². The molecule has 2 saturated carbocycles. The summed E-state index contributed by atoms with van der Waals surface area (Å²) < 4.78 is 13.4. The molecule has 5 atom stereocenters. The molecule has 0 radical (unpaired) electrons. The van der Waals surface area contributed by atoms with Crippen LogP contribution in [0.25, 0.3) is 0 Å². The molecule has 0 amide bonds. The Morgan fingerprint density at radius 1 is 1.00 bits per heavy atom. The fraction of sp³-hybridized carbons (Fsp3) is 0.600. The van der Waals surface area contributed by atoms with Crippen molar-refractivity contribution >= 4 is 12.4 Å². The Bertz CT molecular complexity index is 481. The van der Waals surface area contributed by atoms with Crippen LogP contribution < -0.4 is 5.30 Å². The molecule has 1 aromatic rings. The van der Waals surface area contributed by atoms with Gasteiger partial charge in [0.1, 0.15) is 7.14 Å². The summed E-state index contributed by atoms with van der Waals surface area (Å²) in [6, 6.07) is 10.3. The van der Waals surface area contributed by atoms with E-state index in [2.05, 4.69) is 24.3 Å². The highest BCUT2D eigenvalue weighted by molar-refractivity contribution is 7.72. The lowest BCUT2D eigenvalue weighted by atomic mass is 9.87. The summed E-state index contributed by atoms with van der Waals surface area (Å²) in [6.07, 6.45) is 6.37. The van der Waals surface area contributed by atoms with E-state index in [1.54, 1.807) is 0 Å². The molecule has 2 heteroatoms. The fourth-order valence-electron chi connectivity index (χ4n) is 4.91. The normalized spacial score (nSPS) is 47.3. The Labute approximate surface area is 103 Å². The van der Waals surface area contributed by atoms with Crippen LogP contribution >= 0.6 is 7.14 Å². The first kappa shape index (κ1) is 10.4. The molecule has 2 aliphatic carbocycles. The summed E-state index contributed by atoms with van der Waals surface area (Å²) in [5.41, 5.74) is 0.559. The maximum Gasteiger partial charge on any atom is 0.119 e. The number of hydrogen-bond donors (Lipinski definition) is 0. The first-order valence-corrected chi connectivity index (χ1v) is 8.89. The molecule has 4 rings (SSSR count). The van der Waals surface area contributed by atoms with Crippen molar-refractivity contribution in [1.82, 2.24) is 0 Å². The summed E-state index contributed by atoms with van der Waals surface area (Å²) >= 11 is 0. The van der Waals surface area contributed by atoms with Gasteiger partial charge in [-0.2, -0.15) is 0 Å². The molecule has 2 bridgehead atoms. The van der Waals surface area contributed by atoms with Gasteiger partial charge in [0.2, 0.25) is 0 Å². The highest BCUT2D eigenvalue weighted by atomic mass is 31.2. The van der Waals surface area contributed by atoms with Crippen molar-refractivity contribution in [3.8, 4) is 0 Å². The minimum atomic E-state index is -2.07. The van der Waals surface area contributed by atoms with Gasteiger partial charge in [0.05, 0.1) is 0 Å². The summed E-state index contributed by atoms with van der Waals surface area (Å²) in [5.74, 6) is 2.52. The minimum Gasteiger partial charge on any atom is -0.318 e. The average Bonchev–Trinajstić information content (AvgIpc) is 3.04. The Morgan fingerprint density at radius 3 is 2.59 bits per heavy atom. The molecule has 0 spiro atoms. The summed E-state index contributed by atoms with van der Waals surface area (Å²) in [5, 5.41) is 1.17. The van der Waals surface area contributed by atoms with Crippen LogP contribution in [0.2, 0.25) is 0 Å². The van der Waals surface area contributed by atoms with Crippen LogP contribution in [0.15, 0.2) is 30.3 Å². The van der Waals surface area contributed by atoms with Gasteiger partial charge in [-0.15, -0.1) is 0 Å². The van der Waals surface area contributed by atoms with Crippen molar-refractivity contribution < 1.29 is 4.57 Å². The van der Waals surface area contributed by atoms with Crippen LogP contribution in [0.1, 0.15) is 25.7 Å². The third-order valence-corrected chi connectivity index (χ3v) is 9.37. The van der Waals surface area contributed by atoms with Crippen molar-refractivity contribution in [2.75, 3.05) is 6.16 Å². The van der Waals surface area contributed by atoms with Gasteiger partial charge in [-0.25, -0.2) is 0 Å². The van der Waals surface area contributed by atoms with Gasteiger partial charge >= 0.3 is 0 Å².